The Kier molecular flexibility index (Phi) is 6.08. The van der Waals surface area contributed by atoms with E-state index in [1.54, 1.807) is 0 Å². The minimum atomic E-state index is -0.657. The lowest BCUT2D eigenvalue weighted by Gasteiger charge is -2.20. The molecule has 6 atom stereocenters. The van der Waals surface area contributed by atoms with Crippen molar-refractivity contribution < 1.29 is 19.7 Å². The summed E-state index contributed by atoms with van der Waals surface area (Å²) in [6.07, 6.45) is 2.74. The molecule has 1 heterocycles. The Morgan fingerprint density at radius 1 is 1.55 bits per heavy atom. The van der Waals surface area contributed by atoms with Crippen LogP contribution in [0.15, 0.2) is 10.6 Å². The number of halogens is 1. The predicted molar refractivity (Wildman–Crippen MR) is 87.0 cm³/mol. The molecule has 1 saturated carbocycles. The molecule has 1 saturated heterocycles. The fraction of sp³-hybridized carbons (Fsp3) is 0.706. The maximum absolute atomic E-state index is 11.4. The lowest BCUT2D eigenvalue weighted by molar-refractivity contribution is -0.141. The highest BCUT2D eigenvalue weighted by Crippen LogP contribution is 2.43. The average molecular weight is 371 g/mol. The summed E-state index contributed by atoms with van der Waals surface area (Å²) < 4.78 is 5.87. The van der Waals surface area contributed by atoms with Gasteiger partial charge < -0.3 is 14.9 Å². The molecule has 0 unspecified atom stereocenters. The molecule has 0 radical (unpaired) electrons. The summed E-state index contributed by atoms with van der Waals surface area (Å²) in [7, 11) is 0. The molecular formula is C17H23BrO4. The van der Waals surface area contributed by atoms with Crippen LogP contribution < -0.4 is 0 Å². The van der Waals surface area contributed by atoms with E-state index in [1.165, 1.54) is 0 Å². The highest BCUT2D eigenvalue weighted by atomic mass is 79.9. The minimum absolute atomic E-state index is 0.000442. The first-order valence-electron chi connectivity index (χ1n) is 7.82. The SMILES string of the molecule is CCC#CC[C@H](C)[C@H](O)C(Br)=C[C@H]1[C@H]2CC(=O)O[C@H]2C[C@H]1O. The quantitative estimate of drug-likeness (QED) is 0.588. The van der Waals surface area contributed by atoms with Crippen molar-refractivity contribution in [3.63, 3.8) is 0 Å². The van der Waals surface area contributed by atoms with E-state index >= 15 is 0 Å². The van der Waals surface area contributed by atoms with Crippen molar-refractivity contribution >= 4 is 21.9 Å². The standard InChI is InChI=1S/C17H23BrO4/c1-3-4-5-6-10(2)17(21)13(18)7-11-12-8-16(20)22-15(12)9-14(11)19/h7,10-12,14-15,17,19,21H,3,6,8-9H2,1-2H3/t10-,11-,12+,14+,15-,17-/m0/s1. The number of rotatable bonds is 4. The molecule has 0 spiro atoms. The van der Waals surface area contributed by atoms with Gasteiger partial charge in [-0.05, 0) is 5.92 Å². The molecule has 2 fully saturated rings. The van der Waals surface area contributed by atoms with Crippen LogP contribution in [-0.4, -0.2) is 34.5 Å². The molecular weight excluding hydrogens is 348 g/mol. The third-order valence-electron chi connectivity index (χ3n) is 4.47. The van der Waals surface area contributed by atoms with Gasteiger partial charge in [0.15, 0.2) is 0 Å². The summed E-state index contributed by atoms with van der Waals surface area (Å²) >= 11 is 3.43. The van der Waals surface area contributed by atoms with Crippen molar-refractivity contribution in [2.24, 2.45) is 17.8 Å². The van der Waals surface area contributed by atoms with Crippen LogP contribution in [0.2, 0.25) is 0 Å². The molecule has 122 valence electrons. The van der Waals surface area contributed by atoms with Crippen molar-refractivity contribution in [2.75, 3.05) is 0 Å². The molecule has 1 aliphatic heterocycles. The van der Waals surface area contributed by atoms with Crippen LogP contribution in [0.3, 0.4) is 0 Å². The summed E-state index contributed by atoms with van der Waals surface area (Å²) in [5, 5.41) is 20.5. The van der Waals surface area contributed by atoms with Crippen LogP contribution >= 0.6 is 15.9 Å². The van der Waals surface area contributed by atoms with Crippen LogP contribution in [-0.2, 0) is 9.53 Å². The summed E-state index contributed by atoms with van der Waals surface area (Å²) in [5.41, 5.74) is 0. The number of esters is 1. The zero-order chi connectivity index (χ0) is 16.3. The number of carbonyl (C=O) groups is 1. The third kappa shape index (κ3) is 3.92. The van der Waals surface area contributed by atoms with Gasteiger partial charge in [-0.3, -0.25) is 4.79 Å². The van der Waals surface area contributed by atoms with Crippen molar-refractivity contribution in [3.8, 4) is 11.8 Å². The van der Waals surface area contributed by atoms with Crippen molar-refractivity contribution in [2.45, 2.75) is 57.8 Å². The number of hydrogen-bond donors (Lipinski definition) is 2. The molecule has 0 aromatic rings. The Hall–Kier alpha value is -0.830. The Balaban J connectivity index is 2.02. The lowest BCUT2D eigenvalue weighted by Crippen LogP contribution is -2.22. The largest absolute Gasteiger partial charge is 0.462 e. The van der Waals surface area contributed by atoms with Gasteiger partial charge in [0, 0.05) is 35.6 Å². The van der Waals surface area contributed by atoms with E-state index < -0.39 is 12.2 Å². The maximum Gasteiger partial charge on any atom is 0.306 e. The van der Waals surface area contributed by atoms with Gasteiger partial charge in [-0.15, -0.1) is 11.8 Å². The van der Waals surface area contributed by atoms with Crippen LogP contribution in [0.25, 0.3) is 0 Å². The van der Waals surface area contributed by atoms with E-state index in [9.17, 15) is 15.0 Å². The van der Waals surface area contributed by atoms with Crippen LogP contribution in [0.5, 0.6) is 0 Å². The normalized spacial score (nSPS) is 33.7. The number of carbonyl (C=O) groups excluding carboxylic acids is 1. The number of aliphatic hydroxyl groups excluding tert-OH is 2. The Morgan fingerprint density at radius 3 is 2.95 bits per heavy atom. The van der Waals surface area contributed by atoms with Crippen LogP contribution in [0.4, 0.5) is 0 Å². The smallest absolute Gasteiger partial charge is 0.306 e. The second-order valence-corrected chi connectivity index (χ2v) is 7.08. The summed E-state index contributed by atoms with van der Waals surface area (Å²) in [6.45, 7) is 3.94. The number of ether oxygens (including phenoxy) is 1. The minimum Gasteiger partial charge on any atom is -0.462 e. The third-order valence-corrected chi connectivity index (χ3v) is 5.21. The maximum atomic E-state index is 11.4. The highest BCUT2D eigenvalue weighted by Gasteiger charge is 2.48. The van der Waals surface area contributed by atoms with Gasteiger partial charge in [-0.2, -0.15) is 0 Å². The van der Waals surface area contributed by atoms with Gasteiger partial charge in [0.05, 0.1) is 18.6 Å². The van der Waals surface area contributed by atoms with E-state index in [-0.39, 0.29) is 29.8 Å². The molecule has 0 aromatic carbocycles. The second-order valence-electron chi connectivity index (χ2n) is 6.16. The van der Waals surface area contributed by atoms with E-state index in [0.29, 0.717) is 23.7 Å². The fourth-order valence-corrected chi connectivity index (χ4v) is 3.93. The molecule has 0 amide bonds. The van der Waals surface area contributed by atoms with Crippen LogP contribution in [0.1, 0.15) is 39.5 Å². The molecule has 2 N–H and O–H groups in total. The van der Waals surface area contributed by atoms with E-state index in [4.69, 9.17) is 4.74 Å². The summed E-state index contributed by atoms with van der Waals surface area (Å²) in [6, 6.07) is 0. The van der Waals surface area contributed by atoms with Gasteiger partial charge in [0.2, 0.25) is 0 Å². The molecule has 2 aliphatic rings. The summed E-state index contributed by atoms with van der Waals surface area (Å²) in [5.74, 6) is 5.70. The van der Waals surface area contributed by atoms with Crippen LogP contribution in [0, 0.1) is 29.6 Å². The second kappa shape index (κ2) is 7.63. The Morgan fingerprint density at radius 2 is 2.27 bits per heavy atom. The van der Waals surface area contributed by atoms with Gasteiger partial charge in [-0.1, -0.05) is 35.9 Å². The Bertz CT molecular complexity index is 505. The van der Waals surface area contributed by atoms with Gasteiger partial charge >= 0.3 is 5.97 Å². The van der Waals surface area contributed by atoms with Crippen molar-refractivity contribution in [1.82, 2.24) is 0 Å². The topological polar surface area (TPSA) is 66.8 Å². The fourth-order valence-electron chi connectivity index (χ4n) is 3.17. The molecule has 22 heavy (non-hydrogen) atoms. The Labute approximate surface area is 140 Å². The first kappa shape index (κ1) is 17.5. The van der Waals surface area contributed by atoms with Crippen molar-refractivity contribution in [1.29, 1.82) is 0 Å². The molecule has 0 bridgehead atoms. The molecule has 0 aromatic heterocycles. The van der Waals surface area contributed by atoms with Gasteiger partial charge in [0.25, 0.3) is 0 Å². The summed E-state index contributed by atoms with van der Waals surface area (Å²) in [4.78, 5) is 11.4. The van der Waals surface area contributed by atoms with Gasteiger partial charge in [-0.25, -0.2) is 0 Å². The molecule has 5 heteroatoms. The first-order chi connectivity index (χ1) is 10.4. The predicted octanol–water partition coefficient (Wildman–Crippen LogP) is 2.38. The molecule has 4 nitrogen and oxygen atoms in total. The van der Waals surface area contributed by atoms with E-state index in [2.05, 4.69) is 27.8 Å². The number of hydrogen-bond acceptors (Lipinski definition) is 4. The zero-order valence-corrected chi connectivity index (χ0v) is 14.5. The number of aliphatic hydroxyl groups is 2. The molecule has 1 aliphatic carbocycles. The number of fused-ring (bicyclic) bond motifs is 1. The first-order valence-corrected chi connectivity index (χ1v) is 8.61. The van der Waals surface area contributed by atoms with Crippen molar-refractivity contribution in [3.05, 3.63) is 10.6 Å². The zero-order valence-electron chi connectivity index (χ0n) is 13.0. The average Bonchev–Trinajstić information content (AvgIpc) is 2.95. The lowest BCUT2D eigenvalue weighted by atomic mass is 9.90. The highest BCUT2D eigenvalue weighted by molar-refractivity contribution is 9.11. The van der Waals surface area contributed by atoms with Gasteiger partial charge in [0.1, 0.15) is 6.10 Å². The van der Waals surface area contributed by atoms with E-state index in [1.807, 2.05) is 19.9 Å². The monoisotopic (exact) mass is 370 g/mol. The molecule has 2 rings (SSSR count). The van der Waals surface area contributed by atoms with E-state index in [0.717, 1.165) is 6.42 Å².